The normalized spacial score (nSPS) is 15.6. The molecular weight excluding hydrogens is 404 g/mol. The summed E-state index contributed by atoms with van der Waals surface area (Å²) in [6.45, 7) is 3.81. The van der Waals surface area contributed by atoms with Crippen molar-refractivity contribution >= 4 is 41.2 Å². The Morgan fingerprint density at radius 2 is 1.80 bits per heavy atom. The van der Waals surface area contributed by atoms with Crippen LogP contribution in [-0.2, 0) is 9.59 Å². The Labute approximate surface area is 177 Å². The zero-order chi connectivity index (χ0) is 21.4. The number of barbiturate groups is 1. The van der Waals surface area contributed by atoms with Crippen molar-refractivity contribution in [2.75, 3.05) is 4.90 Å². The largest absolute Gasteiger partial charge is 0.335 e. The average molecular weight is 421 g/mol. The van der Waals surface area contributed by atoms with Gasteiger partial charge in [0.15, 0.2) is 0 Å². The Morgan fingerprint density at radius 3 is 2.50 bits per heavy atom. The molecule has 150 valence electrons. The van der Waals surface area contributed by atoms with Gasteiger partial charge in [-0.05, 0) is 61.9 Å². The maximum Gasteiger partial charge on any atom is 0.335 e. The van der Waals surface area contributed by atoms with Crippen LogP contribution in [0.15, 0.2) is 60.4 Å². The van der Waals surface area contributed by atoms with Gasteiger partial charge in [-0.2, -0.15) is 0 Å². The number of nitrogens with one attached hydrogen (secondary N) is 1. The number of rotatable bonds is 3. The predicted molar refractivity (Wildman–Crippen MR) is 113 cm³/mol. The Bertz CT molecular complexity index is 1210. The third-order valence-electron chi connectivity index (χ3n) is 4.84. The van der Waals surface area contributed by atoms with Gasteiger partial charge in [-0.1, -0.05) is 17.7 Å². The monoisotopic (exact) mass is 420 g/mol. The van der Waals surface area contributed by atoms with Crippen molar-refractivity contribution in [3.63, 3.8) is 0 Å². The predicted octanol–water partition coefficient (Wildman–Crippen LogP) is 3.81. The van der Waals surface area contributed by atoms with Crippen LogP contribution in [0.25, 0.3) is 11.8 Å². The standard InChI is InChI=1S/C22H17ClN4O3/c1-13-9-15(14(2)26(13)18-7-4-8-24-12-18)10-19-20(28)25-22(30)27(21(19)29)17-6-3-5-16(23)11-17/h3-12H,1-2H3,(H,25,28,30)/b19-10+. The summed E-state index contributed by atoms with van der Waals surface area (Å²) in [6.07, 6.45) is 4.92. The molecule has 0 aliphatic carbocycles. The quantitative estimate of drug-likeness (QED) is 0.515. The third kappa shape index (κ3) is 3.40. The summed E-state index contributed by atoms with van der Waals surface area (Å²) in [6, 6.07) is 11.1. The highest BCUT2D eigenvalue weighted by Gasteiger charge is 2.37. The van der Waals surface area contributed by atoms with Gasteiger partial charge in [0.2, 0.25) is 0 Å². The number of benzene rings is 1. The number of imide groups is 2. The van der Waals surface area contributed by atoms with Gasteiger partial charge in [-0.15, -0.1) is 0 Å². The summed E-state index contributed by atoms with van der Waals surface area (Å²) in [5, 5.41) is 2.59. The second kappa shape index (κ2) is 7.61. The summed E-state index contributed by atoms with van der Waals surface area (Å²) >= 11 is 5.99. The Balaban J connectivity index is 1.77. The number of aromatic nitrogens is 2. The first-order chi connectivity index (χ1) is 14.4. The minimum atomic E-state index is -0.815. The molecule has 4 amide bonds. The van der Waals surface area contributed by atoms with Gasteiger partial charge in [0, 0.05) is 22.6 Å². The van der Waals surface area contributed by atoms with Crippen molar-refractivity contribution in [1.29, 1.82) is 0 Å². The lowest BCUT2D eigenvalue weighted by Crippen LogP contribution is -2.54. The summed E-state index contributed by atoms with van der Waals surface area (Å²) in [4.78, 5) is 42.9. The van der Waals surface area contributed by atoms with Crippen LogP contribution in [0.1, 0.15) is 17.0 Å². The lowest BCUT2D eigenvalue weighted by Gasteiger charge is -2.26. The fourth-order valence-corrected chi connectivity index (χ4v) is 3.66. The molecule has 3 aromatic rings. The molecule has 0 unspecified atom stereocenters. The number of amides is 4. The van der Waals surface area contributed by atoms with Crippen molar-refractivity contribution < 1.29 is 14.4 Å². The Morgan fingerprint density at radius 1 is 1.03 bits per heavy atom. The molecule has 0 saturated carbocycles. The molecule has 1 fully saturated rings. The van der Waals surface area contributed by atoms with Crippen molar-refractivity contribution in [2.24, 2.45) is 0 Å². The van der Waals surface area contributed by atoms with E-state index in [9.17, 15) is 14.4 Å². The van der Waals surface area contributed by atoms with Crippen molar-refractivity contribution in [2.45, 2.75) is 13.8 Å². The van der Waals surface area contributed by atoms with Crippen LogP contribution >= 0.6 is 11.6 Å². The van der Waals surface area contributed by atoms with Gasteiger partial charge in [0.1, 0.15) is 5.57 Å². The lowest BCUT2D eigenvalue weighted by atomic mass is 10.1. The summed E-state index contributed by atoms with van der Waals surface area (Å²) < 4.78 is 1.98. The van der Waals surface area contributed by atoms with Gasteiger partial charge in [-0.25, -0.2) is 9.69 Å². The molecule has 2 aromatic heterocycles. The zero-order valence-corrected chi connectivity index (χ0v) is 17.0. The van der Waals surface area contributed by atoms with E-state index in [2.05, 4.69) is 10.3 Å². The SMILES string of the molecule is Cc1cc(/C=C2\C(=O)NC(=O)N(c3cccc(Cl)c3)C2=O)c(C)n1-c1cccnc1. The van der Waals surface area contributed by atoms with Crippen LogP contribution in [0.4, 0.5) is 10.5 Å². The fourth-order valence-electron chi connectivity index (χ4n) is 3.48. The van der Waals surface area contributed by atoms with Crippen LogP contribution in [0.2, 0.25) is 5.02 Å². The number of pyridine rings is 1. The second-order valence-corrected chi connectivity index (χ2v) is 7.25. The molecule has 30 heavy (non-hydrogen) atoms. The molecule has 3 heterocycles. The van der Waals surface area contributed by atoms with E-state index in [1.54, 1.807) is 30.6 Å². The summed E-state index contributed by atoms with van der Waals surface area (Å²) in [5.41, 5.74) is 3.45. The maximum atomic E-state index is 13.1. The van der Waals surface area contributed by atoms with Crippen LogP contribution in [0, 0.1) is 13.8 Å². The highest BCUT2D eigenvalue weighted by atomic mass is 35.5. The van der Waals surface area contributed by atoms with E-state index < -0.39 is 17.8 Å². The summed E-state index contributed by atoms with van der Waals surface area (Å²) in [7, 11) is 0. The van der Waals surface area contributed by atoms with Crippen LogP contribution in [-0.4, -0.2) is 27.4 Å². The minimum absolute atomic E-state index is 0.138. The molecule has 1 aromatic carbocycles. The first kappa shape index (κ1) is 19.6. The molecule has 4 rings (SSSR count). The number of nitrogens with zero attached hydrogens (tertiary/aromatic N) is 3. The smallest absolute Gasteiger partial charge is 0.316 e. The van der Waals surface area contributed by atoms with Crippen molar-refractivity contribution in [3.8, 4) is 5.69 Å². The molecule has 1 aliphatic heterocycles. The highest BCUT2D eigenvalue weighted by molar-refractivity contribution is 6.39. The lowest BCUT2D eigenvalue weighted by molar-refractivity contribution is -0.122. The van der Waals surface area contributed by atoms with E-state index in [1.807, 2.05) is 36.6 Å². The molecular formula is C22H17ClN4O3. The van der Waals surface area contributed by atoms with Gasteiger partial charge in [0.25, 0.3) is 11.8 Å². The molecule has 0 spiro atoms. The first-order valence-corrected chi connectivity index (χ1v) is 9.51. The van der Waals surface area contributed by atoms with E-state index in [0.717, 1.165) is 22.0 Å². The van der Waals surface area contributed by atoms with E-state index in [0.29, 0.717) is 10.6 Å². The molecule has 0 bridgehead atoms. The van der Waals surface area contributed by atoms with E-state index in [1.165, 1.54) is 12.1 Å². The van der Waals surface area contributed by atoms with Gasteiger partial charge in [0.05, 0.1) is 17.6 Å². The fraction of sp³-hybridized carbons (Fsp3) is 0.0909. The van der Waals surface area contributed by atoms with E-state index >= 15 is 0 Å². The molecule has 0 atom stereocenters. The topological polar surface area (TPSA) is 84.3 Å². The molecule has 7 nitrogen and oxygen atoms in total. The number of carbonyl (C=O) groups is 3. The van der Waals surface area contributed by atoms with E-state index in [-0.39, 0.29) is 11.3 Å². The number of anilines is 1. The number of halogens is 1. The number of aryl methyl sites for hydroxylation is 1. The van der Waals surface area contributed by atoms with Gasteiger partial charge in [-0.3, -0.25) is 19.9 Å². The second-order valence-electron chi connectivity index (χ2n) is 6.81. The third-order valence-corrected chi connectivity index (χ3v) is 5.08. The molecule has 1 aliphatic rings. The molecule has 0 radical (unpaired) electrons. The van der Waals surface area contributed by atoms with E-state index in [4.69, 9.17) is 11.6 Å². The van der Waals surface area contributed by atoms with Gasteiger partial charge < -0.3 is 4.57 Å². The minimum Gasteiger partial charge on any atom is -0.316 e. The van der Waals surface area contributed by atoms with Crippen LogP contribution in [0.3, 0.4) is 0 Å². The average Bonchev–Trinajstić information content (AvgIpc) is 2.99. The maximum absolute atomic E-state index is 13.1. The Hall–Kier alpha value is -3.71. The summed E-state index contributed by atoms with van der Waals surface area (Å²) in [5.74, 6) is -1.45. The highest BCUT2D eigenvalue weighted by Crippen LogP contribution is 2.27. The molecule has 1 saturated heterocycles. The Kier molecular flexibility index (Phi) is 4.97. The van der Waals surface area contributed by atoms with Crippen LogP contribution < -0.4 is 10.2 Å². The zero-order valence-electron chi connectivity index (χ0n) is 16.2. The van der Waals surface area contributed by atoms with Crippen molar-refractivity contribution in [1.82, 2.24) is 14.9 Å². The van der Waals surface area contributed by atoms with Crippen LogP contribution in [0.5, 0.6) is 0 Å². The number of hydrogen-bond acceptors (Lipinski definition) is 4. The molecule has 8 heteroatoms. The number of hydrogen-bond donors (Lipinski definition) is 1. The molecule has 1 N–H and O–H groups in total. The van der Waals surface area contributed by atoms with Crippen molar-refractivity contribution in [3.05, 3.63) is 82.4 Å². The first-order valence-electron chi connectivity index (χ1n) is 9.13. The number of carbonyl (C=O) groups excluding carboxylic acids is 3. The number of urea groups is 1. The van der Waals surface area contributed by atoms with Gasteiger partial charge >= 0.3 is 6.03 Å².